The van der Waals surface area contributed by atoms with E-state index >= 15 is 0 Å². The highest BCUT2D eigenvalue weighted by molar-refractivity contribution is 4.46. The third-order valence-corrected chi connectivity index (χ3v) is 0.383. The summed E-state index contributed by atoms with van der Waals surface area (Å²) in [6.45, 7) is 0. The van der Waals surface area contributed by atoms with E-state index in [0.717, 1.165) is 0 Å². The molecule has 0 aliphatic carbocycles. The van der Waals surface area contributed by atoms with Gasteiger partial charge in [0.15, 0.2) is 6.33 Å². The molecular formula is C2H2N3O. The maximum absolute atomic E-state index is 9.84. The standard InChI is InChI=1S/C2H2N3O/c6-2-3-1-4-5-2/h(H2,3,4,5,6). The Kier molecular flexibility index (Phi) is 0.506. The Hall–Kier alpha value is -1.06. The largest absolute Gasteiger partial charge is 0.361 e. The van der Waals surface area contributed by atoms with Crippen LogP contribution in [0, 0.1) is 6.33 Å². The third-order valence-electron chi connectivity index (χ3n) is 0.383. The minimum absolute atomic E-state index is 0.394. The molecule has 0 bridgehead atoms. The summed E-state index contributed by atoms with van der Waals surface area (Å²) >= 11 is 0. The van der Waals surface area contributed by atoms with E-state index in [-0.39, 0.29) is 0 Å². The van der Waals surface area contributed by atoms with E-state index in [1.165, 1.54) is 0 Å². The van der Waals surface area contributed by atoms with Gasteiger partial charge in [0.05, 0.1) is 0 Å². The fourth-order valence-corrected chi connectivity index (χ4v) is 0.188. The van der Waals surface area contributed by atoms with E-state index in [0.29, 0.717) is 0 Å². The molecule has 0 aromatic carbocycles. The predicted octanol–water partition coefficient (Wildman–Crippen LogP) is -1.10. The van der Waals surface area contributed by atoms with Crippen LogP contribution in [0.25, 0.3) is 0 Å². The molecule has 0 aliphatic rings. The lowest BCUT2D eigenvalue weighted by atomic mass is 11.3. The summed E-state index contributed by atoms with van der Waals surface area (Å²) in [6, 6.07) is 0. The van der Waals surface area contributed by atoms with E-state index in [1.54, 1.807) is 0 Å². The van der Waals surface area contributed by atoms with Gasteiger partial charge in [-0.05, 0) is 0 Å². The van der Waals surface area contributed by atoms with Crippen LogP contribution < -0.4 is 5.69 Å². The van der Waals surface area contributed by atoms with Gasteiger partial charge in [0, 0.05) is 0 Å². The Bertz CT molecular complexity index is 147. The van der Waals surface area contributed by atoms with Crippen molar-refractivity contribution in [2.75, 3.05) is 0 Å². The van der Waals surface area contributed by atoms with Crippen LogP contribution in [0.1, 0.15) is 0 Å². The van der Waals surface area contributed by atoms with Gasteiger partial charge in [-0.1, -0.05) is 0 Å². The van der Waals surface area contributed by atoms with E-state index in [1.807, 2.05) is 0 Å². The van der Waals surface area contributed by atoms with Crippen molar-refractivity contribution in [3.05, 3.63) is 16.8 Å². The Balaban J connectivity index is 3.41. The smallest absolute Gasteiger partial charge is 0.277 e. The molecule has 1 aromatic rings. The summed E-state index contributed by atoms with van der Waals surface area (Å²) < 4.78 is 0. The van der Waals surface area contributed by atoms with Gasteiger partial charge in [-0.25, -0.2) is 9.89 Å². The van der Waals surface area contributed by atoms with Crippen LogP contribution in [0.4, 0.5) is 0 Å². The van der Waals surface area contributed by atoms with Gasteiger partial charge in [-0.2, -0.15) is 4.98 Å². The number of nitrogens with zero attached hydrogens (tertiary/aromatic N) is 1. The van der Waals surface area contributed by atoms with Crippen molar-refractivity contribution in [2.24, 2.45) is 0 Å². The maximum atomic E-state index is 9.84. The zero-order chi connectivity index (χ0) is 4.41. The van der Waals surface area contributed by atoms with Crippen LogP contribution in [0.5, 0.6) is 0 Å². The minimum Gasteiger partial charge on any atom is -0.277 e. The molecule has 2 N–H and O–H groups in total. The van der Waals surface area contributed by atoms with Crippen molar-refractivity contribution in [3.63, 3.8) is 0 Å². The number of aromatic amines is 2. The fourth-order valence-electron chi connectivity index (χ4n) is 0.188. The normalized spacial score (nSPS) is 8.67. The molecule has 1 aromatic heterocycles. The quantitative estimate of drug-likeness (QED) is 0.419. The highest BCUT2D eigenvalue weighted by Crippen LogP contribution is 1.40. The number of H-pyrrole nitrogens is 2. The van der Waals surface area contributed by atoms with Gasteiger partial charge in [0.2, 0.25) is 0 Å². The predicted molar refractivity (Wildman–Crippen MR) is 18.0 cm³/mol. The van der Waals surface area contributed by atoms with Gasteiger partial charge in [0.1, 0.15) is 0 Å². The monoisotopic (exact) mass is 84.0 g/mol. The highest BCUT2D eigenvalue weighted by atomic mass is 16.1. The lowest BCUT2D eigenvalue weighted by Gasteiger charge is -1.51. The van der Waals surface area contributed by atoms with Crippen molar-refractivity contribution < 1.29 is 0 Å². The van der Waals surface area contributed by atoms with Crippen LogP contribution in [0.15, 0.2) is 4.79 Å². The molecule has 0 spiro atoms. The first kappa shape index (κ1) is 3.14. The van der Waals surface area contributed by atoms with Gasteiger partial charge < -0.3 is 0 Å². The Morgan fingerprint density at radius 1 is 1.83 bits per heavy atom. The lowest BCUT2D eigenvalue weighted by molar-refractivity contribution is 1.05. The number of aromatic nitrogens is 3. The molecular weight excluding hydrogens is 82.0 g/mol. The Labute approximate surface area is 33.2 Å². The maximum Gasteiger partial charge on any atom is 0.361 e. The van der Waals surface area contributed by atoms with Gasteiger partial charge in [-0.15, -0.1) is 0 Å². The summed E-state index contributed by atoms with van der Waals surface area (Å²) in [7, 11) is 0. The summed E-state index contributed by atoms with van der Waals surface area (Å²) in [5, 5.41) is 4.41. The van der Waals surface area contributed by atoms with Gasteiger partial charge in [-0.3, -0.25) is 5.10 Å². The average Bonchev–Trinajstić information content (AvgIpc) is 1.86. The Morgan fingerprint density at radius 3 is 2.83 bits per heavy atom. The molecule has 0 saturated carbocycles. The first-order valence-electron chi connectivity index (χ1n) is 1.40. The van der Waals surface area contributed by atoms with E-state index < -0.39 is 5.69 Å². The molecule has 1 rings (SSSR count). The van der Waals surface area contributed by atoms with E-state index in [4.69, 9.17) is 0 Å². The molecule has 31 valence electrons. The topological polar surface area (TPSA) is 61.5 Å². The minimum atomic E-state index is -0.394. The molecule has 1 heterocycles. The number of nitrogens with one attached hydrogen (secondary N) is 2. The van der Waals surface area contributed by atoms with Crippen LogP contribution >= 0.6 is 0 Å². The SMILES string of the molecule is O=c1n[c][nH][nH]1. The first-order valence-corrected chi connectivity index (χ1v) is 1.40. The molecule has 4 heteroatoms. The molecule has 0 aliphatic heterocycles. The highest BCUT2D eigenvalue weighted by Gasteiger charge is 1.73. The number of hydrogen-bond donors (Lipinski definition) is 2. The second-order valence-corrected chi connectivity index (χ2v) is 0.779. The molecule has 0 saturated heterocycles. The molecule has 6 heavy (non-hydrogen) atoms. The van der Waals surface area contributed by atoms with Crippen molar-refractivity contribution in [1.29, 1.82) is 0 Å². The van der Waals surface area contributed by atoms with Crippen molar-refractivity contribution >= 4 is 0 Å². The van der Waals surface area contributed by atoms with Gasteiger partial charge in [0.25, 0.3) is 0 Å². The van der Waals surface area contributed by atoms with E-state index in [2.05, 4.69) is 21.5 Å². The molecule has 0 atom stereocenters. The molecule has 4 nitrogen and oxygen atoms in total. The van der Waals surface area contributed by atoms with E-state index in [9.17, 15) is 4.79 Å². The zero-order valence-corrected chi connectivity index (χ0v) is 2.86. The molecule has 0 amide bonds. The van der Waals surface area contributed by atoms with Crippen LogP contribution in [-0.2, 0) is 0 Å². The molecule has 1 radical (unpaired) electrons. The summed E-state index contributed by atoms with van der Waals surface area (Å²) in [5.41, 5.74) is -0.394. The van der Waals surface area contributed by atoms with Crippen molar-refractivity contribution in [1.82, 2.24) is 15.2 Å². The summed E-state index contributed by atoms with van der Waals surface area (Å²) in [6.07, 6.45) is 2.19. The number of rotatable bonds is 0. The summed E-state index contributed by atoms with van der Waals surface area (Å²) in [5.74, 6) is 0. The lowest BCUT2D eigenvalue weighted by Crippen LogP contribution is -1.99. The first-order chi connectivity index (χ1) is 2.89. The van der Waals surface area contributed by atoms with Crippen LogP contribution in [0.2, 0.25) is 0 Å². The van der Waals surface area contributed by atoms with Gasteiger partial charge >= 0.3 is 5.69 Å². The number of hydrogen-bond acceptors (Lipinski definition) is 2. The fraction of sp³-hybridized carbons (Fsp3) is 0. The van der Waals surface area contributed by atoms with Crippen LogP contribution in [-0.4, -0.2) is 15.2 Å². The van der Waals surface area contributed by atoms with Crippen molar-refractivity contribution in [3.8, 4) is 0 Å². The second-order valence-electron chi connectivity index (χ2n) is 0.779. The zero-order valence-electron chi connectivity index (χ0n) is 2.86. The Morgan fingerprint density at radius 2 is 2.67 bits per heavy atom. The molecule has 0 unspecified atom stereocenters. The van der Waals surface area contributed by atoms with Crippen LogP contribution in [0.3, 0.4) is 0 Å². The second kappa shape index (κ2) is 0.965. The molecule has 0 fully saturated rings. The van der Waals surface area contributed by atoms with Crippen molar-refractivity contribution in [2.45, 2.75) is 0 Å². The summed E-state index contributed by atoms with van der Waals surface area (Å²) in [4.78, 5) is 13.0. The average molecular weight is 84.1 g/mol. The third kappa shape index (κ3) is 0.314.